The van der Waals surface area contributed by atoms with Crippen LogP contribution in [-0.4, -0.2) is 0 Å². The molecule has 0 nitrogen and oxygen atoms in total. The molecule has 28 heavy (non-hydrogen) atoms. The molecule has 1 saturated carbocycles. The van der Waals surface area contributed by atoms with Crippen LogP contribution in [0.4, 0.5) is 0 Å². The Bertz CT molecular complexity index is 334. The summed E-state index contributed by atoms with van der Waals surface area (Å²) < 4.78 is 0. The molecule has 0 N–H and O–H groups in total. The van der Waals surface area contributed by atoms with Gasteiger partial charge in [0.05, 0.1) is 0 Å². The highest BCUT2D eigenvalue weighted by molar-refractivity contribution is 5.14. The molecule has 1 aliphatic carbocycles. The molecule has 170 valence electrons. The Morgan fingerprint density at radius 1 is 0.679 bits per heavy atom. The molecule has 0 atom stereocenters. The van der Waals surface area contributed by atoms with Crippen LogP contribution in [0.3, 0.4) is 0 Å². The van der Waals surface area contributed by atoms with Crippen molar-refractivity contribution in [2.75, 3.05) is 0 Å². The number of hydrogen-bond donors (Lipinski definition) is 0. The van der Waals surface area contributed by atoms with Crippen LogP contribution in [-0.2, 0) is 6.42 Å². The molecule has 1 aliphatic rings. The summed E-state index contributed by atoms with van der Waals surface area (Å²) in [6.45, 7) is 8.78. The normalized spacial score (nSPS) is 12.6. The maximum Gasteiger partial charge on any atom is -0.0279 e. The van der Waals surface area contributed by atoms with Gasteiger partial charge < -0.3 is 0 Å². The standard InChI is InChI=1S/C11H22.C11H16.C3H8.3CH4/c2*1-2-3-5-8-11-9-6-4-7-10-11;1-3-2;;;/h11H,2-10H2,1H3;4,6-7,9-10H,2-3,5,8H2,1H3;3H2,1-2H3;3*1H4. The fraction of sp³-hybridized carbons (Fsp3) is 0.786. The molecule has 0 spiro atoms. The van der Waals surface area contributed by atoms with Crippen molar-refractivity contribution in [2.45, 2.75) is 140 Å². The second-order valence-electron chi connectivity index (χ2n) is 7.65. The predicted octanol–water partition coefficient (Wildman–Crippen LogP) is 10.9. The highest BCUT2D eigenvalue weighted by Gasteiger charge is 2.11. The summed E-state index contributed by atoms with van der Waals surface area (Å²) in [5.41, 5.74) is 1.47. The van der Waals surface area contributed by atoms with Crippen molar-refractivity contribution in [2.24, 2.45) is 5.92 Å². The molecule has 1 fully saturated rings. The van der Waals surface area contributed by atoms with Crippen molar-refractivity contribution in [1.82, 2.24) is 0 Å². The van der Waals surface area contributed by atoms with Crippen LogP contribution in [0.2, 0.25) is 0 Å². The van der Waals surface area contributed by atoms with E-state index < -0.39 is 0 Å². The van der Waals surface area contributed by atoms with Crippen molar-refractivity contribution in [3.8, 4) is 0 Å². The molecule has 0 amide bonds. The van der Waals surface area contributed by atoms with E-state index in [1.807, 2.05) is 0 Å². The molecule has 1 aromatic rings. The summed E-state index contributed by atoms with van der Waals surface area (Å²) in [5.74, 6) is 1.11. The first-order valence-electron chi connectivity index (χ1n) is 11.3. The van der Waals surface area contributed by atoms with E-state index in [1.54, 1.807) is 0 Å². The minimum Gasteiger partial charge on any atom is -0.0776 e. The molecule has 0 unspecified atom stereocenters. The van der Waals surface area contributed by atoms with E-state index >= 15 is 0 Å². The van der Waals surface area contributed by atoms with E-state index in [9.17, 15) is 0 Å². The highest BCUT2D eigenvalue weighted by Crippen LogP contribution is 2.27. The lowest BCUT2D eigenvalue weighted by Crippen LogP contribution is -2.05. The van der Waals surface area contributed by atoms with Gasteiger partial charge in [-0.1, -0.05) is 157 Å². The van der Waals surface area contributed by atoms with E-state index in [1.165, 1.54) is 95.5 Å². The van der Waals surface area contributed by atoms with E-state index in [2.05, 4.69) is 58.0 Å². The lowest BCUT2D eigenvalue weighted by Gasteiger charge is -2.20. The van der Waals surface area contributed by atoms with Crippen molar-refractivity contribution in [1.29, 1.82) is 0 Å². The van der Waals surface area contributed by atoms with E-state index in [0.29, 0.717) is 0 Å². The van der Waals surface area contributed by atoms with Crippen molar-refractivity contribution in [3.63, 3.8) is 0 Å². The summed E-state index contributed by atoms with van der Waals surface area (Å²) in [7, 11) is 0. The maximum absolute atomic E-state index is 2.29. The fourth-order valence-electron chi connectivity index (χ4n) is 3.38. The van der Waals surface area contributed by atoms with Gasteiger partial charge in [0.15, 0.2) is 0 Å². The fourth-order valence-corrected chi connectivity index (χ4v) is 3.38. The third-order valence-electron chi connectivity index (χ3n) is 4.85. The van der Waals surface area contributed by atoms with Gasteiger partial charge in [-0.3, -0.25) is 0 Å². The third kappa shape index (κ3) is 23.3. The summed E-state index contributed by atoms with van der Waals surface area (Å²) in [6.07, 6.45) is 19.9. The third-order valence-corrected chi connectivity index (χ3v) is 4.85. The van der Waals surface area contributed by atoms with Crippen LogP contribution in [0, 0.1) is 5.92 Å². The van der Waals surface area contributed by atoms with Gasteiger partial charge in [-0.25, -0.2) is 0 Å². The molecular weight excluding hydrogens is 336 g/mol. The molecule has 1 aromatic carbocycles. The second-order valence-corrected chi connectivity index (χ2v) is 7.65. The van der Waals surface area contributed by atoms with Gasteiger partial charge >= 0.3 is 0 Å². The summed E-state index contributed by atoms with van der Waals surface area (Å²) in [5, 5.41) is 0. The van der Waals surface area contributed by atoms with Crippen LogP contribution in [0.15, 0.2) is 30.3 Å². The molecule has 0 bridgehead atoms. The monoisotopic (exact) mass is 394 g/mol. The Hall–Kier alpha value is -0.780. The molecule has 0 saturated heterocycles. The van der Waals surface area contributed by atoms with Crippen LogP contribution in [0.25, 0.3) is 0 Å². The first kappa shape index (κ1) is 34.7. The van der Waals surface area contributed by atoms with Gasteiger partial charge in [0.25, 0.3) is 0 Å². The minimum absolute atomic E-state index is 0. The quantitative estimate of drug-likeness (QED) is 0.384. The first-order chi connectivity index (χ1) is 12.3. The van der Waals surface area contributed by atoms with Gasteiger partial charge in [0.1, 0.15) is 0 Å². The van der Waals surface area contributed by atoms with Gasteiger partial charge in [-0.15, -0.1) is 0 Å². The average Bonchev–Trinajstić information content (AvgIpc) is 2.65. The molecule has 0 heteroatoms. The van der Waals surface area contributed by atoms with Gasteiger partial charge in [0, 0.05) is 0 Å². The van der Waals surface area contributed by atoms with Crippen molar-refractivity contribution >= 4 is 0 Å². The highest BCUT2D eigenvalue weighted by atomic mass is 14.2. The zero-order valence-corrected chi connectivity index (χ0v) is 17.9. The summed E-state index contributed by atoms with van der Waals surface area (Å²) in [6, 6.07) is 10.7. The van der Waals surface area contributed by atoms with Crippen molar-refractivity contribution in [3.05, 3.63) is 35.9 Å². The Morgan fingerprint density at radius 3 is 1.68 bits per heavy atom. The van der Waals surface area contributed by atoms with Crippen LogP contribution in [0.5, 0.6) is 0 Å². The number of hydrogen-bond acceptors (Lipinski definition) is 0. The number of rotatable bonds is 8. The lowest BCUT2D eigenvalue weighted by atomic mass is 9.86. The van der Waals surface area contributed by atoms with Crippen LogP contribution in [0.1, 0.15) is 139 Å². The maximum atomic E-state index is 2.29. The Morgan fingerprint density at radius 2 is 1.18 bits per heavy atom. The SMILES string of the molecule is C.C.C.CCC.CCCCCC1CCCCC1.CCCCCc1ccccc1. The predicted molar refractivity (Wildman–Crippen MR) is 137 cm³/mol. The molecule has 0 radical (unpaired) electrons. The number of benzene rings is 1. The van der Waals surface area contributed by atoms with Gasteiger partial charge in [-0.05, 0) is 24.3 Å². The molecule has 2 rings (SSSR count). The molecule has 0 aromatic heterocycles. The molecular formula is C28H58. The smallest absolute Gasteiger partial charge is 0.0279 e. The summed E-state index contributed by atoms with van der Waals surface area (Å²) in [4.78, 5) is 0. The Labute approximate surface area is 181 Å². The Balaban J connectivity index is -0.000000165. The number of unbranched alkanes of at least 4 members (excludes halogenated alkanes) is 4. The lowest BCUT2D eigenvalue weighted by molar-refractivity contribution is 0.329. The van der Waals surface area contributed by atoms with Gasteiger partial charge in [-0.2, -0.15) is 0 Å². The average molecular weight is 395 g/mol. The Kier molecular flexibility index (Phi) is 35.2. The summed E-state index contributed by atoms with van der Waals surface area (Å²) >= 11 is 0. The first-order valence-corrected chi connectivity index (χ1v) is 11.3. The van der Waals surface area contributed by atoms with E-state index in [4.69, 9.17) is 0 Å². The zero-order valence-electron chi connectivity index (χ0n) is 17.9. The topological polar surface area (TPSA) is 0 Å². The zero-order chi connectivity index (χ0) is 18.6. The van der Waals surface area contributed by atoms with E-state index in [0.717, 1.165) is 5.92 Å². The van der Waals surface area contributed by atoms with Crippen molar-refractivity contribution < 1.29 is 0 Å². The van der Waals surface area contributed by atoms with Crippen LogP contribution < -0.4 is 0 Å². The molecule has 0 aliphatic heterocycles. The van der Waals surface area contributed by atoms with Crippen LogP contribution >= 0.6 is 0 Å². The van der Waals surface area contributed by atoms with E-state index in [-0.39, 0.29) is 22.3 Å². The minimum atomic E-state index is 0. The van der Waals surface area contributed by atoms with Gasteiger partial charge in [0.2, 0.25) is 0 Å². The largest absolute Gasteiger partial charge is 0.0776 e. The number of aryl methyl sites for hydroxylation is 1. The second kappa shape index (κ2) is 28.4. The molecule has 0 heterocycles.